The van der Waals surface area contributed by atoms with Crippen LogP contribution in [-0.4, -0.2) is 33.9 Å². The summed E-state index contributed by atoms with van der Waals surface area (Å²) in [5, 5.41) is 6.72. The molecule has 0 spiro atoms. The zero-order chi connectivity index (χ0) is 16.5. The average molecular weight is 316 g/mol. The van der Waals surface area contributed by atoms with Crippen molar-refractivity contribution < 1.29 is 14.2 Å². The Balaban J connectivity index is 1.86. The third-order valence-corrected chi connectivity index (χ3v) is 3.32. The summed E-state index contributed by atoms with van der Waals surface area (Å²) in [7, 11) is 3.31. The fourth-order valence-corrected chi connectivity index (χ4v) is 2.22. The standard InChI is InChI=1S/C18H24N2O3/c1-4-23-16-7-5-6-14(12-16)19-10-11-20-17-13-15(21-2)8-9-18(17)22-3/h5-9,12-13,19-20H,4,10-11H2,1-3H3. The normalized spacial score (nSPS) is 10.0. The molecule has 2 aromatic rings. The van der Waals surface area contributed by atoms with E-state index in [1.54, 1.807) is 14.2 Å². The van der Waals surface area contributed by atoms with Gasteiger partial charge in [-0.1, -0.05) is 6.07 Å². The fraction of sp³-hybridized carbons (Fsp3) is 0.333. The molecule has 23 heavy (non-hydrogen) atoms. The van der Waals surface area contributed by atoms with Gasteiger partial charge in [0.15, 0.2) is 0 Å². The molecule has 0 fully saturated rings. The zero-order valence-corrected chi connectivity index (χ0v) is 13.9. The summed E-state index contributed by atoms with van der Waals surface area (Å²) in [6.45, 7) is 4.17. The minimum Gasteiger partial charge on any atom is -0.497 e. The number of anilines is 2. The lowest BCUT2D eigenvalue weighted by Crippen LogP contribution is -2.14. The molecule has 0 heterocycles. The highest BCUT2D eigenvalue weighted by Gasteiger charge is 2.04. The number of hydrogen-bond donors (Lipinski definition) is 2. The van der Waals surface area contributed by atoms with E-state index in [2.05, 4.69) is 10.6 Å². The van der Waals surface area contributed by atoms with Crippen LogP contribution in [0.1, 0.15) is 6.92 Å². The van der Waals surface area contributed by atoms with Gasteiger partial charge in [-0.3, -0.25) is 0 Å². The number of benzene rings is 2. The van der Waals surface area contributed by atoms with Gasteiger partial charge < -0.3 is 24.8 Å². The molecule has 0 amide bonds. The van der Waals surface area contributed by atoms with E-state index in [-0.39, 0.29) is 0 Å². The second kappa shape index (κ2) is 8.78. The van der Waals surface area contributed by atoms with E-state index in [4.69, 9.17) is 14.2 Å². The van der Waals surface area contributed by atoms with Gasteiger partial charge in [-0.2, -0.15) is 0 Å². The van der Waals surface area contributed by atoms with Gasteiger partial charge in [0.1, 0.15) is 17.2 Å². The first-order valence-corrected chi connectivity index (χ1v) is 7.69. The summed E-state index contributed by atoms with van der Waals surface area (Å²) < 4.78 is 16.1. The number of nitrogens with one attached hydrogen (secondary N) is 2. The van der Waals surface area contributed by atoms with Crippen molar-refractivity contribution >= 4 is 11.4 Å². The van der Waals surface area contributed by atoms with Crippen LogP contribution in [0.4, 0.5) is 11.4 Å². The predicted octanol–water partition coefficient (Wildman–Crippen LogP) is 3.63. The lowest BCUT2D eigenvalue weighted by atomic mass is 10.2. The molecule has 124 valence electrons. The fourth-order valence-electron chi connectivity index (χ4n) is 2.22. The maximum Gasteiger partial charge on any atom is 0.142 e. The van der Waals surface area contributed by atoms with Gasteiger partial charge in [0.2, 0.25) is 0 Å². The molecule has 2 aromatic carbocycles. The van der Waals surface area contributed by atoms with E-state index < -0.39 is 0 Å². The van der Waals surface area contributed by atoms with Crippen LogP contribution in [0.15, 0.2) is 42.5 Å². The Kier molecular flexibility index (Phi) is 6.41. The number of hydrogen-bond acceptors (Lipinski definition) is 5. The third-order valence-electron chi connectivity index (χ3n) is 3.32. The van der Waals surface area contributed by atoms with Crippen molar-refractivity contribution in [3.8, 4) is 17.2 Å². The van der Waals surface area contributed by atoms with Crippen molar-refractivity contribution in [2.45, 2.75) is 6.92 Å². The molecule has 0 saturated heterocycles. The highest BCUT2D eigenvalue weighted by atomic mass is 16.5. The number of methoxy groups -OCH3 is 2. The smallest absolute Gasteiger partial charge is 0.142 e. The van der Waals surface area contributed by atoms with Crippen LogP contribution in [-0.2, 0) is 0 Å². The van der Waals surface area contributed by atoms with Crippen LogP contribution in [0.5, 0.6) is 17.2 Å². The van der Waals surface area contributed by atoms with Crippen LogP contribution in [0.2, 0.25) is 0 Å². The maximum absolute atomic E-state index is 5.49. The van der Waals surface area contributed by atoms with Crippen molar-refractivity contribution in [2.75, 3.05) is 44.5 Å². The van der Waals surface area contributed by atoms with Gasteiger partial charge in [-0.05, 0) is 31.2 Å². The minimum atomic E-state index is 0.667. The zero-order valence-electron chi connectivity index (χ0n) is 13.9. The van der Waals surface area contributed by atoms with Gasteiger partial charge in [0, 0.05) is 30.9 Å². The highest BCUT2D eigenvalue weighted by Crippen LogP contribution is 2.28. The molecule has 0 aliphatic carbocycles. The SMILES string of the molecule is CCOc1cccc(NCCNc2cc(OC)ccc2OC)c1. The first kappa shape index (κ1) is 16.8. The van der Waals surface area contributed by atoms with Crippen molar-refractivity contribution in [1.29, 1.82) is 0 Å². The van der Waals surface area contributed by atoms with E-state index >= 15 is 0 Å². The number of ether oxygens (including phenoxy) is 3. The summed E-state index contributed by atoms with van der Waals surface area (Å²) in [5.41, 5.74) is 1.95. The van der Waals surface area contributed by atoms with Crippen molar-refractivity contribution in [1.82, 2.24) is 0 Å². The van der Waals surface area contributed by atoms with Gasteiger partial charge in [0.05, 0.1) is 26.5 Å². The van der Waals surface area contributed by atoms with Gasteiger partial charge in [-0.15, -0.1) is 0 Å². The minimum absolute atomic E-state index is 0.667. The summed E-state index contributed by atoms with van der Waals surface area (Å²) in [6.07, 6.45) is 0. The van der Waals surface area contributed by atoms with Gasteiger partial charge in [-0.25, -0.2) is 0 Å². The molecular weight excluding hydrogens is 292 g/mol. The quantitative estimate of drug-likeness (QED) is 0.692. The van der Waals surface area contributed by atoms with Crippen LogP contribution in [0.3, 0.4) is 0 Å². The molecule has 5 heteroatoms. The Bertz CT molecular complexity index is 617. The molecule has 0 saturated carbocycles. The molecule has 5 nitrogen and oxygen atoms in total. The van der Waals surface area contributed by atoms with Crippen molar-refractivity contribution in [3.63, 3.8) is 0 Å². The van der Waals surface area contributed by atoms with Crippen LogP contribution in [0.25, 0.3) is 0 Å². The van der Waals surface area contributed by atoms with Crippen molar-refractivity contribution in [3.05, 3.63) is 42.5 Å². The maximum atomic E-state index is 5.49. The Morgan fingerprint density at radius 1 is 0.870 bits per heavy atom. The molecule has 0 aliphatic rings. The largest absolute Gasteiger partial charge is 0.497 e. The lowest BCUT2D eigenvalue weighted by molar-refractivity contribution is 0.340. The molecule has 0 bridgehead atoms. The molecule has 0 aromatic heterocycles. The predicted molar refractivity (Wildman–Crippen MR) is 94.1 cm³/mol. The molecule has 0 aliphatic heterocycles. The molecular formula is C18H24N2O3. The van der Waals surface area contributed by atoms with Crippen LogP contribution < -0.4 is 24.8 Å². The topological polar surface area (TPSA) is 51.8 Å². The molecule has 0 atom stereocenters. The summed E-state index contributed by atoms with van der Waals surface area (Å²) in [4.78, 5) is 0. The first-order chi connectivity index (χ1) is 11.3. The monoisotopic (exact) mass is 316 g/mol. The Hall–Kier alpha value is -2.56. The highest BCUT2D eigenvalue weighted by molar-refractivity contribution is 5.60. The van der Waals surface area contributed by atoms with E-state index in [1.165, 1.54) is 0 Å². The Morgan fingerprint density at radius 2 is 1.70 bits per heavy atom. The molecule has 2 N–H and O–H groups in total. The first-order valence-electron chi connectivity index (χ1n) is 7.69. The molecule has 0 radical (unpaired) electrons. The van der Waals surface area contributed by atoms with Crippen LogP contribution >= 0.6 is 0 Å². The Morgan fingerprint density at radius 3 is 2.43 bits per heavy atom. The second-order valence-electron chi connectivity index (χ2n) is 4.88. The van der Waals surface area contributed by atoms with E-state index in [9.17, 15) is 0 Å². The average Bonchev–Trinajstić information content (AvgIpc) is 2.59. The van der Waals surface area contributed by atoms with Crippen LogP contribution in [0, 0.1) is 0 Å². The summed E-state index contributed by atoms with van der Waals surface area (Å²) in [5.74, 6) is 2.47. The van der Waals surface area contributed by atoms with E-state index in [1.807, 2.05) is 49.4 Å². The summed E-state index contributed by atoms with van der Waals surface area (Å²) in [6, 6.07) is 13.6. The Labute approximate surface area is 137 Å². The second-order valence-corrected chi connectivity index (χ2v) is 4.88. The molecule has 2 rings (SSSR count). The van der Waals surface area contributed by atoms with Crippen molar-refractivity contribution in [2.24, 2.45) is 0 Å². The summed E-state index contributed by atoms with van der Waals surface area (Å²) >= 11 is 0. The molecule has 0 unspecified atom stereocenters. The third kappa shape index (κ3) is 4.98. The van der Waals surface area contributed by atoms with E-state index in [0.29, 0.717) is 6.61 Å². The lowest BCUT2D eigenvalue weighted by Gasteiger charge is -2.13. The van der Waals surface area contributed by atoms with Gasteiger partial charge >= 0.3 is 0 Å². The van der Waals surface area contributed by atoms with E-state index in [0.717, 1.165) is 41.7 Å². The van der Waals surface area contributed by atoms with Gasteiger partial charge in [0.25, 0.3) is 0 Å². The number of rotatable bonds is 9.